The third-order valence-corrected chi connectivity index (χ3v) is 0.818. The smallest absolute Gasteiger partial charge is 0.267 e. The van der Waals surface area contributed by atoms with E-state index in [9.17, 15) is 4.79 Å². The van der Waals surface area contributed by atoms with Crippen molar-refractivity contribution in [3.63, 3.8) is 0 Å². The summed E-state index contributed by atoms with van der Waals surface area (Å²) in [5.41, 5.74) is 0.893. The lowest BCUT2D eigenvalue weighted by Crippen LogP contribution is -2.09. The molecule has 1 heterocycles. The van der Waals surface area contributed by atoms with E-state index in [2.05, 4.69) is 11.5 Å². The summed E-state index contributed by atoms with van der Waals surface area (Å²) in [6, 6.07) is 0. The van der Waals surface area contributed by atoms with Crippen molar-refractivity contribution in [3.05, 3.63) is 23.9 Å². The van der Waals surface area contributed by atoms with Crippen LogP contribution in [-0.4, -0.2) is 5.91 Å². The molecular weight excluding hydrogens is 102 g/mol. The van der Waals surface area contributed by atoms with E-state index in [0.717, 1.165) is 5.57 Å². The van der Waals surface area contributed by atoms with E-state index in [1.165, 1.54) is 6.08 Å². The molecule has 0 aromatic rings. The molecule has 0 aromatic heterocycles. The van der Waals surface area contributed by atoms with Gasteiger partial charge in [-0.15, -0.1) is 0 Å². The van der Waals surface area contributed by atoms with Crippen LogP contribution in [0.4, 0.5) is 0 Å². The highest BCUT2D eigenvalue weighted by atomic mass is 16.1. The normalized spacial score (nSPS) is 17.6. The Kier molecular flexibility index (Phi) is 1.16. The topological polar surface area (TPSA) is 31.2 Å². The van der Waals surface area contributed by atoms with Crippen molar-refractivity contribution in [2.45, 2.75) is 6.92 Å². The number of hydrogen-bond donors (Lipinski definition) is 0. The SMILES string of the molecule is CC1=[C][N]C(=O)C=C1. The maximum Gasteiger partial charge on any atom is 0.270 e. The van der Waals surface area contributed by atoms with Gasteiger partial charge in [0.15, 0.2) is 0 Å². The molecule has 1 rings (SSSR count). The summed E-state index contributed by atoms with van der Waals surface area (Å²) in [7, 11) is 0. The van der Waals surface area contributed by atoms with E-state index in [1.54, 1.807) is 6.08 Å². The van der Waals surface area contributed by atoms with Crippen LogP contribution >= 0.6 is 0 Å². The lowest BCUT2D eigenvalue weighted by atomic mass is 10.2. The number of amides is 1. The van der Waals surface area contributed by atoms with E-state index in [-0.39, 0.29) is 5.91 Å². The van der Waals surface area contributed by atoms with Gasteiger partial charge in [0.1, 0.15) is 0 Å². The van der Waals surface area contributed by atoms with Crippen molar-refractivity contribution in [2.75, 3.05) is 0 Å². The summed E-state index contributed by atoms with van der Waals surface area (Å²) in [6.45, 7) is 1.84. The predicted octanol–water partition coefficient (Wildman–Crippen LogP) is 0.394. The van der Waals surface area contributed by atoms with Crippen LogP contribution in [0.25, 0.3) is 0 Å². The highest BCUT2D eigenvalue weighted by Crippen LogP contribution is 1.96. The van der Waals surface area contributed by atoms with Crippen molar-refractivity contribution in [1.82, 2.24) is 5.32 Å². The number of carbonyl (C=O) groups excluding carboxylic acids is 1. The molecule has 0 atom stereocenters. The number of carbonyl (C=O) groups is 1. The van der Waals surface area contributed by atoms with Crippen LogP contribution in [0.15, 0.2) is 17.7 Å². The third kappa shape index (κ3) is 0.964. The fourth-order valence-corrected chi connectivity index (χ4v) is 0.414. The minimum atomic E-state index is -0.226. The van der Waals surface area contributed by atoms with Gasteiger partial charge in [-0.3, -0.25) is 4.79 Å². The fraction of sp³-hybridized carbons (Fsp3) is 0.167. The van der Waals surface area contributed by atoms with Crippen LogP contribution in [0.2, 0.25) is 0 Å². The first-order chi connectivity index (χ1) is 3.79. The summed E-state index contributed by atoms with van der Waals surface area (Å²) in [5.74, 6) is -0.226. The summed E-state index contributed by atoms with van der Waals surface area (Å²) >= 11 is 0. The largest absolute Gasteiger partial charge is 0.270 e. The molecule has 0 aromatic carbocycles. The van der Waals surface area contributed by atoms with E-state index < -0.39 is 0 Å². The molecule has 2 nitrogen and oxygen atoms in total. The molecular formula is C6H5NO. The van der Waals surface area contributed by atoms with Gasteiger partial charge in [0.05, 0.1) is 6.20 Å². The third-order valence-electron chi connectivity index (χ3n) is 0.818. The summed E-state index contributed by atoms with van der Waals surface area (Å²) in [4.78, 5) is 10.3. The summed E-state index contributed by atoms with van der Waals surface area (Å²) in [5, 5.41) is 3.40. The first-order valence-electron chi connectivity index (χ1n) is 2.31. The van der Waals surface area contributed by atoms with Gasteiger partial charge >= 0.3 is 0 Å². The number of allylic oxidation sites excluding steroid dienone is 2. The van der Waals surface area contributed by atoms with Crippen LogP contribution in [0.3, 0.4) is 0 Å². The molecule has 0 spiro atoms. The molecule has 1 aliphatic heterocycles. The second-order valence-corrected chi connectivity index (χ2v) is 1.58. The molecule has 2 heteroatoms. The fourth-order valence-electron chi connectivity index (χ4n) is 0.414. The Labute approximate surface area is 47.9 Å². The molecule has 1 amide bonds. The molecule has 0 bridgehead atoms. The van der Waals surface area contributed by atoms with E-state index in [1.807, 2.05) is 6.92 Å². The first kappa shape index (κ1) is 5.09. The number of rotatable bonds is 0. The number of hydrogen-bond acceptors (Lipinski definition) is 1. The second-order valence-electron chi connectivity index (χ2n) is 1.58. The van der Waals surface area contributed by atoms with Crippen LogP contribution < -0.4 is 5.32 Å². The van der Waals surface area contributed by atoms with Gasteiger partial charge in [-0.1, -0.05) is 6.08 Å². The average Bonchev–Trinajstić information content (AvgIpc) is 1.77. The zero-order valence-corrected chi connectivity index (χ0v) is 4.51. The highest BCUT2D eigenvalue weighted by molar-refractivity contribution is 5.89. The maximum absolute atomic E-state index is 10.3. The van der Waals surface area contributed by atoms with Crippen molar-refractivity contribution in [1.29, 1.82) is 0 Å². The molecule has 40 valence electrons. The average molecular weight is 107 g/mol. The Hall–Kier alpha value is -1.05. The standard InChI is InChI=1S/C6H5NO/c1-5-2-3-6(8)7-4-5/h2-3H,1H3. The zero-order valence-electron chi connectivity index (χ0n) is 4.51. The molecule has 0 aliphatic carbocycles. The van der Waals surface area contributed by atoms with Gasteiger partial charge in [-0.05, 0) is 12.5 Å². The Morgan fingerprint density at radius 1 is 1.62 bits per heavy atom. The Morgan fingerprint density at radius 3 is 2.75 bits per heavy atom. The van der Waals surface area contributed by atoms with Crippen molar-refractivity contribution >= 4 is 5.91 Å². The molecule has 0 N–H and O–H groups in total. The maximum atomic E-state index is 10.3. The van der Waals surface area contributed by atoms with Gasteiger partial charge in [-0.2, -0.15) is 0 Å². The van der Waals surface area contributed by atoms with Crippen LogP contribution in [0.5, 0.6) is 0 Å². The lowest BCUT2D eigenvalue weighted by molar-refractivity contribution is -0.116. The van der Waals surface area contributed by atoms with Gasteiger partial charge in [0, 0.05) is 6.08 Å². The van der Waals surface area contributed by atoms with Crippen LogP contribution in [0, 0.1) is 6.20 Å². The second kappa shape index (κ2) is 1.82. The summed E-state index contributed by atoms with van der Waals surface area (Å²) in [6.07, 6.45) is 5.65. The molecule has 0 saturated heterocycles. The Bertz CT molecular complexity index is 165. The van der Waals surface area contributed by atoms with Gasteiger partial charge < -0.3 is 0 Å². The van der Waals surface area contributed by atoms with Gasteiger partial charge in [0.2, 0.25) is 0 Å². The first-order valence-corrected chi connectivity index (χ1v) is 2.31. The van der Waals surface area contributed by atoms with E-state index >= 15 is 0 Å². The minimum Gasteiger partial charge on any atom is -0.267 e. The quantitative estimate of drug-likeness (QED) is 0.440. The molecule has 0 fully saturated rings. The zero-order chi connectivity index (χ0) is 5.98. The lowest BCUT2D eigenvalue weighted by Gasteiger charge is -1.95. The minimum absolute atomic E-state index is 0.226. The van der Waals surface area contributed by atoms with Crippen molar-refractivity contribution in [2.24, 2.45) is 0 Å². The van der Waals surface area contributed by atoms with E-state index in [0.29, 0.717) is 0 Å². The molecule has 0 saturated carbocycles. The van der Waals surface area contributed by atoms with Gasteiger partial charge in [0.25, 0.3) is 5.91 Å². The Balaban J connectivity index is 2.71. The molecule has 1 aliphatic rings. The predicted molar refractivity (Wildman–Crippen MR) is 28.7 cm³/mol. The number of nitrogens with zero attached hydrogens (tertiary/aromatic N) is 1. The monoisotopic (exact) mass is 107 g/mol. The van der Waals surface area contributed by atoms with Crippen LogP contribution in [0.1, 0.15) is 6.92 Å². The molecule has 2 radical (unpaired) electrons. The summed E-state index contributed by atoms with van der Waals surface area (Å²) < 4.78 is 0. The molecule has 8 heavy (non-hydrogen) atoms. The van der Waals surface area contributed by atoms with Crippen molar-refractivity contribution < 1.29 is 4.79 Å². The van der Waals surface area contributed by atoms with E-state index in [4.69, 9.17) is 0 Å². The van der Waals surface area contributed by atoms with Crippen LogP contribution in [-0.2, 0) is 4.79 Å². The van der Waals surface area contributed by atoms with Crippen molar-refractivity contribution in [3.8, 4) is 0 Å². The highest BCUT2D eigenvalue weighted by Gasteiger charge is 1.98. The molecule has 0 unspecified atom stereocenters. The van der Waals surface area contributed by atoms with Gasteiger partial charge in [-0.25, -0.2) is 5.32 Å². The Morgan fingerprint density at radius 2 is 2.38 bits per heavy atom.